The lowest BCUT2D eigenvalue weighted by Crippen LogP contribution is -2.33. The zero-order valence-electron chi connectivity index (χ0n) is 10.1. The second-order valence-electron chi connectivity index (χ2n) is 3.40. The summed E-state index contributed by atoms with van der Waals surface area (Å²) in [6, 6.07) is 0. The molecule has 0 unspecified atom stereocenters. The van der Waals surface area contributed by atoms with Gasteiger partial charge in [-0.2, -0.15) is 13.2 Å². The van der Waals surface area contributed by atoms with Crippen LogP contribution in [-0.2, 0) is 16.1 Å². The summed E-state index contributed by atoms with van der Waals surface area (Å²) >= 11 is 0. The molecule has 8 nitrogen and oxygen atoms in total. The van der Waals surface area contributed by atoms with E-state index in [0.717, 1.165) is 0 Å². The molecule has 1 rings (SSSR count). The summed E-state index contributed by atoms with van der Waals surface area (Å²) in [5.74, 6) is -3.05. The fourth-order valence-electron chi connectivity index (χ4n) is 1.09. The van der Waals surface area contributed by atoms with E-state index < -0.39 is 36.2 Å². The fourth-order valence-corrected chi connectivity index (χ4v) is 1.09. The van der Waals surface area contributed by atoms with Crippen LogP contribution >= 0.6 is 0 Å². The number of nitrogens with one attached hydrogen (secondary N) is 1. The Balaban J connectivity index is 2.63. The number of aromatic nitrogens is 3. The SMILES string of the molecule is CCOC(=O)NC(=O)Cn1cc(C(=O)C(F)(F)F)nn1. The summed E-state index contributed by atoms with van der Waals surface area (Å²) in [7, 11) is 0. The molecule has 0 saturated carbocycles. The van der Waals surface area contributed by atoms with E-state index in [1.54, 1.807) is 5.32 Å². The minimum atomic E-state index is -5.08. The molecule has 0 radical (unpaired) electrons. The number of Topliss-reactive ketones (excluding diaryl/α,β-unsaturated/α-hetero) is 1. The first-order chi connectivity index (χ1) is 9.24. The molecule has 0 atom stereocenters. The second kappa shape index (κ2) is 6.12. The number of halogens is 3. The van der Waals surface area contributed by atoms with Crippen molar-refractivity contribution in [3.8, 4) is 0 Å². The van der Waals surface area contributed by atoms with Crippen LogP contribution in [0, 0.1) is 0 Å². The predicted molar refractivity (Wildman–Crippen MR) is 55.6 cm³/mol. The predicted octanol–water partition coefficient (Wildman–Crippen LogP) is 0.296. The first-order valence-corrected chi connectivity index (χ1v) is 5.22. The van der Waals surface area contributed by atoms with E-state index in [1.807, 2.05) is 0 Å². The quantitative estimate of drug-likeness (QED) is 0.801. The molecule has 0 aliphatic carbocycles. The summed E-state index contributed by atoms with van der Waals surface area (Å²) in [4.78, 5) is 33.0. The molecule has 0 aliphatic rings. The van der Waals surface area contributed by atoms with E-state index in [0.29, 0.717) is 10.9 Å². The van der Waals surface area contributed by atoms with E-state index >= 15 is 0 Å². The van der Waals surface area contributed by atoms with Crippen LogP contribution in [-0.4, -0.2) is 45.6 Å². The van der Waals surface area contributed by atoms with Gasteiger partial charge in [0.2, 0.25) is 0 Å². The number of rotatable bonds is 4. The lowest BCUT2D eigenvalue weighted by molar-refractivity contribution is -0.121. The Hall–Kier alpha value is -2.46. The lowest BCUT2D eigenvalue weighted by Gasteiger charge is -2.03. The average Bonchev–Trinajstić information content (AvgIpc) is 2.74. The maximum Gasteiger partial charge on any atom is 0.456 e. The monoisotopic (exact) mass is 294 g/mol. The number of ether oxygens (including phenoxy) is 1. The van der Waals surface area contributed by atoms with Gasteiger partial charge in [0.25, 0.3) is 11.7 Å². The zero-order chi connectivity index (χ0) is 15.3. The third kappa shape index (κ3) is 4.33. The Labute approximate surface area is 109 Å². The molecule has 110 valence electrons. The molecule has 1 aromatic heterocycles. The molecule has 0 aliphatic heterocycles. The molecule has 0 bridgehead atoms. The minimum Gasteiger partial charge on any atom is -0.450 e. The van der Waals surface area contributed by atoms with Crippen molar-refractivity contribution in [3.05, 3.63) is 11.9 Å². The van der Waals surface area contributed by atoms with E-state index in [9.17, 15) is 27.6 Å². The Bertz CT molecular complexity index is 526. The number of alkyl halides is 3. The molecule has 2 amide bonds. The third-order valence-corrected chi connectivity index (χ3v) is 1.85. The molecule has 0 saturated heterocycles. The summed E-state index contributed by atoms with van der Waals surface area (Å²) in [5.41, 5.74) is -0.943. The van der Waals surface area contributed by atoms with E-state index in [-0.39, 0.29) is 6.61 Å². The summed E-state index contributed by atoms with van der Waals surface area (Å²) in [6.07, 6.45) is -5.42. The molecule has 1 aromatic rings. The van der Waals surface area contributed by atoms with Crippen molar-refractivity contribution in [2.45, 2.75) is 19.6 Å². The molecule has 1 N–H and O–H groups in total. The minimum absolute atomic E-state index is 0.0483. The van der Waals surface area contributed by atoms with Crippen LogP contribution in [0.5, 0.6) is 0 Å². The fraction of sp³-hybridized carbons (Fsp3) is 0.444. The van der Waals surface area contributed by atoms with Gasteiger partial charge >= 0.3 is 12.3 Å². The van der Waals surface area contributed by atoms with Gasteiger partial charge in [0.15, 0.2) is 5.69 Å². The molecule has 0 aromatic carbocycles. The molecule has 11 heteroatoms. The molecule has 20 heavy (non-hydrogen) atoms. The number of carbonyl (C=O) groups is 3. The van der Waals surface area contributed by atoms with Gasteiger partial charge in [0.1, 0.15) is 6.54 Å². The first-order valence-electron chi connectivity index (χ1n) is 5.22. The van der Waals surface area contributed by atoms with Gasteiger partial charge in [-0.15, -0.1) is 5.10 Å². The summed E-state index contributed by atoms with van der Waals surface area (Å²) < 4.78 is 41.4. The molecule has 0 fully saturated rings. The van der Waals surface area contributed by atoms with Crippen molar-refractivity contribution in [2.75, 3.05) is 6.61 Å². The average molecular weight is 294 g/mol. The number of hydrogen-bond donors (Lipinski definition) is 1. The second-order valence-corrected chi connectivity index (χ2v) is 3.40. The van der Waals surface area contributed by atoms with Gasteiger partial charge in [-0.3, -0.25) is 14.9 Å². The van der Waals surface area contributed by atoms with Gasteiger partial charge in [-0.25, -0.2) is 9.48 Å². The summed E-state index contributed by atoms with van der Waals surface area (Å²) in [5, 5.41) is 7.98. The van der Waals surface area contributed by atoms with Gasteiger partial charge in [-0.1, -0.05) is 5.21 Å². The molecular weight excluding hydrogens is 285 g/mol. The Morgan fingerprint density at radius 3 is 2.60 bits per heavy atom. The van der Waals surface area contributed by atoms with Crippen LogP contribution in [0.25, 0.3) is 0 Å². The Morgan fingerprint density at radius 2 is 2.05 bits per heavy atom. The topological polar surface area (TPSA) is 103 Å². The van der Waals surface area contributed by atoms with Crippen molar-refractivity contribution < 1.29 is 32.3 Å². The normalized spacial score (nSPS) is 11.0. The molecule has 1 heterocycles. The number of alkyl carbamates (subject to hydrolysis) is 1. The van der Waals surface area contributed by atoms with Gasteiger partial charge in [-0.05, 0) is 6.92 Å². The first kappa shape index (κ1) is 15.6. The largest absolute Gasteiger partial charge is 0.456 e. The number of nitrogens with zero attached hydrogens (tertiary/aromatic N) is 3. The van der Waals surface area contributed by atoms with Crippen LogP contribution in [0.1, 0.15) is 17.4 Å². The smallest absolute Gasteiger partial charge is 0.450 e. The van der Waals surface area contributed by atoms with Crippen LogP contribution in [0.4, 0.5) is 18.0 Å². The third-order valence-electron chi connectivity index (χ3n) is 1.85. The lowest BCUT2D eigenvalue weighted by atomic mass is 10.3. The zero-order valence-corrected chi connectivity index (χ0v) is 10.1. The molecular formula is C9H9F3N4O4. The van der Waals surface area contributed by atoms with Crippen molar-refractivity contribution in [1.29, 1.82) is 0 Å². The van der Waals surface area contributed by atoms with Gasteiger partial charge < -0.3 is 4.74 Å². The number of carbonyl (C=O) groups excluding carboxylic acids is 3. The van der Waals surface area contributed by atoms with E-state index in [4.69, 9.17) is 0 Å². The van der Waals surface area contributed by atoms with Crippen molar-refractivity contribution in [2.24, 2.45) is 0 Å². The van der Waals surface area contributed by atoms with Crippen LogP contribution in [0.3, 0.4) is 0 Å². The van der Waals surface area contributed by atoms with Crippen molar-refractivity contribution in [3.63, 3.8) is 0 Å². The van der Waals surface area contributed by atoms with Gasteiger partial charge in [0, 0.05) is 0 Å². The van der Waals surface area contributed by atoms with Crippen molar-refractivity contribution in [1.82, 2.24) is 20.3 Å². The van der Waals surface area contributed by atoms with E-state index in [2.05, 4.69) is 15.0 Å². The highest BCUT2D eigenvalue weighted by Gasteiger charge is 2.41. The highest BCUT2D eigenvalue weighted by molar-refractivity contribution is 5.98. The highest BCUT2D eigenvalue weighted by Crippen LogP contribution is 2.19. The van der Waals surface area contributed by atoms with Crippen LogP contribution < -0.4 is 5.32 Å². The molecule has 0 spiro atoms. The number of amides is 2. The number of hydrogen-bond acceptors (Lipinski definition) is 6. The maximum atomic E-state index is 12.1. The Kier molecular flexibility index (Phi) is 4.78. The van der Waals surface area contributed by atoms with Crippen LogP contribution in [0.2, 0.25) is 0 Å². The van der Waals surface area contributed by atoms with Gasteiger partial charge in [0.05, 0.1) is 12.8 Å². The standard InChI is InChI=1S/C9H9F3N4O4/c1-2-20-8(19)13-6(17)4-16-3-5(14-15-16)7(18)9(10,11)12/h3H,2,4H2,1H3,(H,13,17,19). The Morgan fingerprint density at radius 1 is 1.40 bits per heavy atom. The maximum absolute atomic E-state index is 12.1. The number of imide groups is 1. The van der Waals surface area contributed by atoms with E-state index in [1.165, 1.54) is 6.92 Å². The summed E-state index contributed by atoms with van der Waals surface area (Å²) in [6.45, 7) is 0.986. The van der Waals surface area contributed by atoms with Crippen molar-refractivity contribution >= 4 is 17.8 Å². The van der Waals surface area contributed by atoms with Crippen LogP contribution in [0.15, 0.2) is 6.20 Å². The highest BCUT2D eigenvalue weighted by atomic mass is 19.4. The number of ketones is 1.